The van der Waals surface area contributed by atoms with Crippen molar-refractivity contribution in [3.05, 3.63) is 17.6 Å². The first kappa shape index (κ1) is 20.9. The molecule has 0 spiro atoms. The van der Waals surface area contributed by atoms with Crippen LogP contribution < -0.4 is 5.32 Å². The molecule has 1 N–H and O–H groups in total. The first-order valence-electron chi connectivity index (χ1n) is 6.11. The number of nitrogens with one attached hydrogen (secondary N) is 1. The van der Waals surface area contributed by atoms with E-state index < -0.39 is 36.6 Å². The van der Waals surface area contributed by atoms with Crippen LogP contribution >= 0.6 is 59.1 Å². The maximum absolute atomic E-state index is 12.2. The summed E-state index contributed by atoms with van der Waals surface area (Å²) in [6.07, 6.45) is -4.62. The Morgan fingerprint density at radius 3 is 2.17 bits per heavy atom. The number of esters is 1. The standard InChI is InChI=1S/C12H11Br3F3NO3S/c1-4(2)7(11(21)22-3-12(16,17)18)19-10(20)8-5(13)6(14)9(15)23-8/h4,7H,3H2,1-2H3,(H,19,20)/t7-/m0/s1. The predicted molar refractivity (Wildman–Crippen MR) is 90.5 cm³/mol. The number of ether oxygens (including phenoxy) is 1. The molecular weight excluding hydrogens is 535 g/mol. The van der Waals surface area contributed by atoms with Crippen molar-refractivity contribution in [1.82, 2.24) is 5.32 Å². The van der Waals surface area contributed by atoms with E-state index >= 15 is 0 Å². The lowest BCUT2D eigenvalue weighted by Crippen LogP contribution is -2.46. The summed E-state index contributed by atoms with van der Waals surface area (Å²) in [5.74, 6) is -2.15. The average Bonchev–Trinajstić information content (AvgIpc) is 2.68. The van der Waals surface area contributed by atoms with E-state index in [1.165, 1.54) is 0 Å². The third-order valence-corrected chi connectivity index (χ3v) is 7.58. The van der Waals surface area contributed by atoms with Crippen molar-refractivity contribution in [2.45, 2.75) is 26.1 Å². The highest BCUT2D eigenvalue weighted by atomic mass is 79.9. The van der Waals surface area contributed by atoms with Crippen molar-refractivity contribution in [2.24, 2.45) is 5.92 Å². The summed E-state index contributed by atoms with van der Waals surface area (Å²) in [5, 5.41) is 2.41. The van der Waals surface area contributed by atoms with E-state index in [-0.39, 0.29) is 4.88 Å². The molecule has 1 rings (SSSR count). The average molecular weight is 546 g/mol. The SMILES string of the molecule is CC(C)[C@H](NC(=O)c1sc(Br)c(Br)c1Br)C(=O)OCC(F)(F)F. The summed E-state index contributed by atoms with van der Waals surface area (Å²) in [5.41, 5.74) is 0. The monoisotopic (exact) mass is 543 g/mol. The number of thiophene rings is 1. The van der Waals surface area contributed by atoms with Gasteiger partial charge in [0.25, 0.3) is 5.91 Å². The molecule has 4 nitrogen and oxygen atoms in total. The van der Waals surface area contributed by atoms with Crippen molar-refractivity contribution in [3.8, 4) is 0 Å². The van der Waals surface area contributed by atoms with Gasteiger partial charge in [-0.15, -0.1) is 11.3 Å². The van der Waals surface area contributed by atoms with Crippen LogP contribution in [0.3, 0.4) is 0 Å². The second-order valence-corrected chi connectivity index (χ2v) is 8.68. The fraction of sp³-hybridized carbons (Fsp3) is 0.500. The summed E-state index contributed by atoms with van der Waals surface area (Å²) < 4.78 is 42.4. The summed E-state index contributed by atoms with van der Waals surface area (Å²) in [6, 6.07) is -1.18. The Morgan fingerprint density at radius 2 is 1.78 bits per heavy atom. The molecule has 11 heteroatoms. The van der Waals surface area contributed by atoms with Crippen LogP contribution in [0, 0.1) is 5.92 Å². The molecule has 1 heterocycles. The second kappa shape index (κ2) is 8.30. The molecule has 0 unspecified atom stereocenters. The molecular formula is C12H11Br3F3NO3S. The van der Waals surface area contributed by atoms with Crippen LogP contribution in [-0.2, 0) is 9.53 Å². The number of alkyl halides is 3. The number of hydrogen-bond donors (Lipinski definition) is 1. The van der Waals surface area contributed by atoms with Crippen molar-refractivity contribution in [2.75, 3.05) is 6.61 Å². The Balaban J connectivity index is 2.85. The van der Waals surface area contributed by atoms with Gasteiger partial charge in [0.2, 0.25) is 0 Å². The highest BCUT2D eigenvalue weighted by Gasteiger charge is 2.33. The molecule has 1 atom stereocenters. The van der Waals surface area contributed by atoms with Gasteiger partial charge in [0.1, 0.15) is 10.9 Å². The molecule has 0 bridgehead atoms. The fourth-order valence-electron chi connectivity index (χ4n) is 1.46. The minimum absolute atomic E-state index is 0.276. The van der Waals surface area contributed by atoms with Crippen LogP contribution in [0.2, 0.25) is 0 Å². The molecule has 0 saturated heterocycles. The van der Waals surface area contributed by atoms with E-state index in [4.69, 9.17) is 0 Å². The summed E-state index contributed by atoms with van der Waals surface area (Å²) in [7, 11) is 0. The zero-order valence-electron chi connectivity index (χ0n) is 11.8. The smallest absolute Gasteiger partial charge is 0.422 e. The molecule has 0 fully saturated rings. The summed E-state index contributed by atoms with van der Waals surface area (Å²) >= 11 is 10.9. The number of amides is 1. The van der Waals surface area contributed by atoms with Gasteiger partial charge in [0, 0.05) is 0 Å². The first-order chi connectivity index (χ1) is 10.4. The quantitative estimate of drug-likeness (QED) is 0.536. The minimum atomic E-state index is -4.62. The molecule has 0 saturated carbocycles. The van der Waals surface area contributed by atoms with E-state index in [0.29, 0.717) is 12.7 Å². The number of rotatable bonds is 5. The van der Waals surface area contributed by atoms with Gasteiger partial charge in [-0.05, 0) is 53.7 Å². The van der Waals surface area contributed by atoms with Gasteiger partial charge in [-0.25, -0.2) is 4.79 Å². The van der Waals surface area contributed by atoms with Gasteiger partial charge in [-0.3, -0.25) is 4.79 Å². The van der Waals surface area contributed by atoms with Crippen LogP contribution in [0.5, 0.6) is 0 Å². The van der Waals surface area contributed by atoms with Crippen LogP contribution in [-0.4, -0.2) is 30.7 Å². The highest BCUT2D eigenvalue weighted by molar-refractivity contribution is 9.14. The molecule has 1 aromatic heterocycles. The topological polar surface area (TPSA) is 55.4 Å². The fourth-order valence-corrected chi connectivity index (χ4v) is 4.45. The Labute approximate surface area is 159 Å². The first-order valence-corrected chi connectivity index (χ1v) is 9.31. The second-order valence-electron chi connectivity index (χ2n) is 4.75. The molecule has 0 aromatic carbocycles. The van der Waals surface area contributed by atoms with E-state index in [1.54, 1.807) is 13.8 Å². The van der Waals surface area contributed by atoms with Gasteiger partial charge in [-0.1, -0.05) is 13.8 Å². The number of carbonyl (C=O) groups excluding carboxylic acids is 2. The third kappa shape index (κ3) is 6.02. The zero-order chi connectivity index (χ0) is 17.9. The molecule has 0 aliphatic carbocycles. The third-order valence-electron chi connectivity index (χ3n) is 2.55. The zero-order valence-corrected chi connectivity index (χ0v) is 17.3. The van der Waals surface area contributed by atoms with Crippen LogP contribution in [0.4, 0.5) is 13.2 Å². The van der Waals surface area contributed by atoms with Crippen LogP contribution in [0.25, 0.3) is 0 Å². The molecule has 23 heavy (non-hydrogen) atoms. The number of carbonyl (C=O) groups is 2. The maximum atomic E-state index is 12.2. The summed E-state index contributed by atoms with van der Waals surface area (Å²) in [6.45, 7) is 1.49. The van der Waals surface area contributed by atoms with Gasteiger partial charge in [0.05, 0.1) is 12.7 Å². The Morgan fingerprint density at radius 1 is 1.22 bits per heavy atom. The molecule has 0 aliphatic heterocycles. The van der Waals surface area contributed by atoms with E-state index in [1.807, 2.05) is 0 Å². The van der Waals surface area contributed by atoms with E-state index in [9.17, 15) is 22.8 Å². The number of halogens is 6. The van der Waals surface area contributed by atoms with Crippen molar-refractivity contribution >= 4 is 71.0 Å². The Hall–Kier alpha value is -0.130. The summed E-state index contributed by atoms with van der Waals surface area (Å²) in [4.78, 5) is 24.3. The lowest BCUT2D eigenvalue weighted by molar-refractivity contribution is -0.188. The largest absolute Gasteiger partial charge is 0.454 e. The highest BCUT2D eigenvalue weighted by Crippen LogP contribution is 2.40. The van der Waals surface area contributed by atoms with Gasteiger partial charge >= 0.3 is 12.1 Å². The van der Waals surface area contributed by atoms with Crippen molar-refractivity contribution in [1.29, 1.82) is 0 Å². The van der Waals surface area contributed by atoms with Crippen molar-refractivity contribution < 1.29 is 27.5 Å². The van der Waals surface area contributed by atoms with Gasteiger partial charge < -0.3 is 10.1 Å². The van der Waals surface area contributed by atoms with E-state index in [0.717, 1.165) is 11.3 Å². The van der Waals surface area contributed by atoms with Crippen LogP contribution in [0.1, 0.15) is 23.5 Å². The Kier molecular flexibility index (Phi) is 7.55. The maximum Gasteiger partial charge on any atom is 0.422 e. The number of hydrogen-bond acceptors (Lipinski definition) is 4. The van der Waals surface area contributed by atoms with Crippen molar-refractivity contribution in [3.63, 3.8) is 0 Å². The minimum Gasteiger partial charge on any atom is -0.454 e. The van der Waals surface area contributed by atoms with Crippen LogP contribution in [0.15, 0.2) is 12.7 Å². The lowest BCUT2D eigenvalue weighted by Gasteiger charge is -2.21. The van der Waals surface area contributed by atoms with Gasteiger partial charge in [0.15, 0.2) is 6.61 Å². The predicted octanol–water partition coefficient (Wildman–Crippen LogP) is 4.90. The molecule has 1 amide bonds. The lowest BCUT2D eigenvalue weighted by atomic mass is 10.0. The Bertz CT molecular complexity index is 604. The molecule has 1 aromatic rings. The van der Waals surface area contributed by atoms with Gasteiger partial charge in [-0.2, -0.15) is 13.2 Å². The molecule has 0 aliphatic rings. The van der Waals surface area contributed by atoms with E-state index in [2.05, 4.69) is 57.8 Å². The molecule has 0 radical (unpaired) electrons. The molecule has 130 valence electrons. The normalized spacial score (nSPS) is 13.1.